The number of hydrogen-bond donors (Lipinski definition) is 0. The molecule has 7 aromatic carbocycles. The maximum atomic E-state index is 2.48. The fraction of sp³-hybridized carbons (Fsp3) is 0.0667. The maximum Gasteiger partial charge on any atom is 0.0543 e. The zero-order chi connectivity index (χ0) is 31.1. The van der Waals surface area contributed by atoms with Crippen LogP contribution in [0.25, 0.3) is 44.5 Å². The predicted octanol–water partition coefficient (Wildman–Crippen LogP) is 12.5. The van der Waals surface area contributed by atoms with E-state index in [1.807, 2.05) is 0 Å². The molecule has 1 aliphatic carbocycles. The molecule has 7 aromatic rings. The second-order valence-corrected chi connectivity index (χ2v) is 12.6. The van der Waals surface area contributed by atoms with Crippen molar-refractivity contribution in [2.45, 2.75) is 19.3 Å². The molecule has 0 bridgehead atoms. The minimum atomic E-state index is -0.0931. The molecule has 1 nitrogen and oxygen atoms in total. The fourth-order valence-electron chi connectivity index (χ4n) is 7.15. The molecule has 220 valence electrons. The summed E-state index contributed by atoms with van der Waals surface area (Å²) in [6.07, 6.45) is 0. The number of benzene rings is 7. The van der Waals surface area contributed by atoms with Crippen LogP contribution in [0, 0.1) is 0 Å². The summed E-state index contributed by atoms with van der Waals surface area (Å²) in [6.45, 7) is 4.70. The summed E-state index contributed by atoms with van der Waals surface area (Å²) in [5, 5.41) is 0. The van der Waals surface area contributed by atoms with Gasteiger partial charge in [-0.1, -0.05) is 159 Å². The van der Waals surface area contributed by atoms with E-state index in [9.17, 15) is 0 Å². The first-order valence-corrected chi connectivity index (χ1v) is 16.0. The summed E-state index contributed by atoms with van der Waals surface area (Å²) < 4.78 is 0. The standard InChI is InChI=1S/C45H35N/c1-45(2)40-22-13-12-21-38(40)44-41(45)23-14-24-43(44)46(37-28-25-34(26-29-37)32-15-6-3-7-16-32)42-30-27-36(33-17-8-4-9-18-33)31-39(42)35-19-10-5-11-20-35/h3-31H,1-2H3. The van der Waals surface area contributed by atoms with Crippen LogP contribution in [0.4, 0.5) is 17.1 Å². The van der Waals surface area contributed by atoms with Crippen molar-refractivity contribution in [3.8, 4) is 44.5 Å². The van der Waals surface area contributed by atoms with Crippen LogP contribution in [-0.2, 0) is 5.41 Å². The van der Waals surface area contributed by atoms with Gasteiger partial charge in [-0.3, -0.25) is 0 Å². The Hall–Kier alpha value is -5.66. The van der Waals surface area contributed by atoms with Crippen LogP contribution in [-0.4, -0.2) is 0 Å². The molecule has 0 fully saturated rings. The van der Waals surface area contributed by atoms with Crippen molar-refractivity contribution in [1.82, 2.24) is 0 Å². The quantitative estimate of drug-likeness (QED) is 0.186. The Balaban J connectivity index is 1.39. The average molecular weight is 590 g/mol. The summed E-state index contributed by atoms with van der Waals surface area (Å²) >= 11 is 0. The Kier molecular flexibility index (Phi) is 6.88. The molecule has 0 radical (unpaired) electrons. The summed E-state index contributed by atoms with van der Waals surface area (Å²) in [7, 11) is 0. The van der Waals surface area contributed by atoms with Crippen molar-refractivity contribution in [2.24, 2.45) is 0 Å². The Labute approximate surface area is 272 Å². The van der Waals surface area contributed by atoms with Gasteiger partial charge in [-0.25, -0.2) is 0 Å². The first-order valence-electron chi connectivity index (χ1n) is 16.0. The number of nitrogens with zero attached hydrogens (tertiary/aromatic N) is 1. The summed E-state index contributed by atoms with van der Waals surface area (Å²) in [4.78, 5) is 2.48. The van der Waals surface area contributed by atoms with Crippen molar-refractivity contribution in [2.75, 3.05) is 4.90 Å². The molecule has 0 aromatic heterocycles. The van der Waals surface area contributed by atoms with E-state index < -0.39 is 0 Å². The van der Waals surface area contributed by atoms with Gasteiger partial charge in [-0.2, -0.15) is 0 Å². The third kappa shape index (κ3) is 4.73. The average Bonchev–Trinajstić information content (AvgIpc) is 3.36. The largest absolute Gasteiger partial charge is 0.309 e. The number of anilines is 3. The maximum absolute atomic E-state index is 2.48. The number of rotatable bonds is 6. The number of hydrogen-bond acceptors (Lipinski definition) is 1. The first-order chi connectivity index (χ1) is 22.6. The highest BCUT2D eigenvalue weighted by Crippen LogP contribution is 2.55. The van der Waals surface area contributed by atoms with E-state index in [-0.39, 0.29) is 5.41 Å². The molecule has 0 saturated carbocycles. The lowest BCUT2D eigenvalue weighted by molar-refractivity contribution is 0.660. The van der Waals surface area contributed by atoms with Crippen molar-refractivity contribution in [3.05, 3.63) is 187 Å². The predicted molar refractivity (Wildman–Crippen MR) is 195 cm³/mol. The molecule has 46 heavy (non-hydrogen) atoms. The van der Waals surface area contributed by atoms with Crippen molar-refractivity contribution in [3.63, 3.8) is 0 Å². The molecule has 0 heterocycles. The van der Waals surface area contributed by atoms with E-state index in [2.05, 4.69) is 195 Å². The minimum Gasteiger partial charge on any atom is -0.309 e. The summed E-state index contributed by atoms with van der Waals surface area (Å²) in [5.41, 5.74) is 15.9. The van der Waals surface area contributed by atoms with Crippen LogP contribution in [0.2, 0.25) is 0 Å². The SMILES string of the molecule is CC1(C)c2ccccc2-c2c(N(c3ccc(-c4ccccc4)cc3)c3ccc(-c4ccccc4)cc3-c3ccccc3)cccc21. The van der Waals surface area contributed by atoms with Crippen molar-refractivity contribution >= 4 is 17.1 Å². The van der Waals surface area contributed by atoms with E-state index in [4.69, 9.17) is 0 Å². The van der Waals surface area contributed by atoms with Crippen LogP contribution < -0.4 is 4.90 Å². The zero-order valence-electron chi connectivity index (χ0n) is 26.2. The van der Waals surface area contributed by atoms with Gasteiger partial charge in [0, 0.05) is 22.2 Å². The highest BCUT2D eigenvalue weighted by atomic mass is 15.1. The van der Waals surface area contributed by atoms with Gasteiger partial charge >= 0.3 is 0 Å². The van der Waals surface area contributed by atoms with Gasteiger partial charge in [0.15, 0.2) is 0 Å². The van der Waals surface area contributed by atoms with Crippen LogP contribution >= 0.6 is 0 Å². The van der Waals surface area contributed by atoms with Gasteiger partial charge in [-0.05, 0) is 74.8 Å². The van der Waals surface area contributed by atoms with Crippen molar-refractivity contribution < 1.29 is 0 Å². The highest BCUT2D eigenvalue weighted by Gasteiger charge is 2.37. The van der Waals surface area contributed by atoms with Gasteiger partial charge < -0.3 is 4.90 Å². The normalized spacial score (nSPS) is 12.7. The van der Waals surface area contributed by atoms with Crippen LogP contribution in [0.1, 0.15) is 25.0 Å². The van der Waals surface area contributed by atoms with E-state index in [0.29, 0.717) is 0 Å². The molecule has 0 amide bonds. The Morgan fingerprint density at radius 2 is 0.891 bits per heavy atom. The van der Waals surface area contributed by atoms with Crippen LogP contribution in [0.15, 0.2) is 176 Å². The summed E-state index contributed by atoms with van der Waals surface area (Å²) in [6, 6.07) is 63.8. The Morgan fingerprint density at radius 3 is 1.57 bits per heavy atom. The number of fused-ring (bicyclic) bond motifs is 3. The van der Waals surface area contributed by atoms with Gasteiger partial charge in [-0.15, -0.1) is 0 Å². The van der Waals surface area contributed by atoms with Gasteiger partial charge in [0.1, 0.15) is 0 Å². The molecular weight excluding hydrogens is 555 g/mol. The zero-order valence-corrected chi connectivity index (χ0v) is 26.2. The first kappa shape index (κ1) is 27.9. The minimum absolute atomic E-state index is 0.0931. The molecule has 1 heteroatoms. The Bertz CT molecular complexity index is 2140. The molecule has 1 aliphatic rings. The van der Waals surface area contributed by atoms with Crippen molar-refractivity contribution in [1.29, 1.82) is 0 Å². The molecular formula is C45H35N. The Morgan fingerprint density at radius 1 is 0.370 bits per heavy atom. The van der Waals surface area contributed by atoms with Crippen LogP contribution in [0.3, 0.4) is 0 Å². The fourth-order valence-corrected chi connectivity index (χ4v) is 7.15. The molecule has 0 unspecified atom stereocenters. The van der Waals surface area contributed by atoms with E-state index in [1.165, 1.54) is 61.3 Å². The third-order valence-electron chi connectivity index (χ3n) is 9.49. The molecule has 0 saturated heterocycles. The van der Waals surface area contributed by atoms with E-state index in [1.54, 1.807) is 0 Å². The third-order valence-corrected chi connectivity index (χ3v) is 9.49. The van der Waals surface area contributed by atoms with Gasteiger partial charge in [0.2, 0.25) is 0 Å². The second-order valence-electron chi connectivity index (χ2n) is 12.6. The van der Waals surface area contributed by atoms with Gasteiger partial charge in [0.05, 0.1) is 11.4 Å². The van der Waals surface area contributed by atoms with E-state index in [0.717, 1.165) is 11.4 Å². The molecule has 0 spiro atoms. The van der Waals surface area contributed by atoms with Gasteiger partial charge in [0.25, 0.3) is 0 Å². The molecule has 0 atom stereocenters. The molecule has 8 rings (SSSR count). The smallest absolute Gasteiger partial charge is 0.0543 e. The monoisotopic (exact) mass is 589 g/mol. The van der Waals surface area contributed by atoms with Crippen LogP contribution in [0.5, 0.6) is 0 Å². The lowest BCUT2D eigenvalue weighted by atomic mass is 9.82. The molecule has 0 aliphatic heterocycles. The lowest BCUT2D eigenvalue weighted by Gasteiger charge is -2.31. The lowest BCUT2D eigenvalue weighted by Crippen LogP contribution is -2.16. The van der Waals surface area contributed by atoms with E-state index >= 15 is 0 Å². The topological polar surface area (TPSA) is 3.24 Å². The second kappa shape index (κ2) is 11.4. The highest BCUT2D eigenvalue weighted by molar-refractivity contribution is 5.98. The summed E-state index contributed by atoms with van der Waals surface area (Å²) in [5.74, 6) is 0. The molecule has 0 N–H and O–H groups in total.